The van der Waals surface area contributed by atoms with E-state index >= 15 is 0 Å². The predicted octanol–water partition coefficient (Wildman–Crippen LogP) is 10.2. The maximum Gasteiger partial charge on any atom is 0.407 e. The summed E-state index contributed by atoms with van der Waals surface area (Å²) in [7, 11) is 0. The molecule has 1 saturated heterocycles. The summed E-state index contributed by atoms with van der Waals surface area (Å²) >= 11 is 2.26. The van der Waals surface area contributed by atoms with Gasteiger partial charge in [-0.2, -0.15) is 5.10 Å². The molecule has 0 aliphatic carbocycles. The van der Waals surface area contributed by atoms with Gasteiger partial charge in [-0.3, -0.25) is 4.98 Å². The number of amides is 1. The zero-order valence-electron chi connectivity index (χ0n) is 27.0. The quantitative estimate of drug-likeness (QED) is 0.148. The number of alkyl carbamates (subject to hydrolysis) is 1. The van der Waals surface area contributed by atoms with E-state index in [0.29, 0.717) is 17.6 Å². The molecule has 0 saturated carbocycles. The predicted molar refractivity (Wildman–Crippen MR) is 191 cm³/mol. The molecule has 0 bridgehead atoms. The molecule has 3 aromatic rings. The largest absolute Gasteiger partial charge is 0.444 e. The van der Waals surface area contributed by atoms with Crippen molar-refractivity contribution in [1.82, 2.24) is 19.9 Å². The summed E-state index contributed by atoms with van der Waals surface area (Å²) < 4.78 is 36.6. The van der Waals surface area contributed by atoms with Crippen molar-refractivity contribution < 1.29 is 18.3 Å². The summed E-state index contributed by atoms with van der Waals surface area (Å²) in [5, 5.41) is 8.58. The Kier molecular flexibility index (Phi) is 14.9. The third kappa shape index (κ3) is 9.57. The van der Waals surface area contributed by atoms with Gasteiger partial charge in [-0.15, -0.1) is 0 Å². The molecule has 2 aromatic heterocycles. The topological polar surface area (TPSA) is 72.3 Å². The summed E-state index contributed by atoms with van der Waals surface area (Å²) in [6, 6.07) is 7.39. The highest BCUT2D eigenvalue weighted by molar-refractivity contribution is 14.2. The maximum atomic E-state index is 14.7. The number of hydrogen-bond acceptors (Lipinski definition) is 5. The average Bonchev–Trinajstić information content (AvgIpc) is 3.40. The van der Waals surface area contributed by atoms with Gasteiger partial charge >= 0.3 is 6.09 Å². The Labute approximate surface area is 275 Å². The lowest BCUT2D eigenvalue weighted by molar-refractivity contribution is 0.0497. The summed E-state index contributed by atoms with van der Waals surface area (Å²) in [6.07, 6.45) is 7.32. The molecule has 1 aliphatic rings. The molecular weight excluding hydrogens is 694 g/mol. The molecule has 1 aliphatic heterocycles. The van der Waals surface area contributed by atoms with Crippen LogP contribution in [-0.4, -0.2) is 45.4 Å². The van der Waals surface area contributed by atoms with E-state index in [4.69, 9.17) is 9.84 Å². The van der Waals surface area contributed by atoms with E-state index < -0.39 is 23.3 Å². The Bertz CT molecular complexity index is 1470. The fourth-order valence-corrected chi connectivity index (χ4v) is 6.20. The van der Waals surface area contributed by atoms with E-state index in [9.17, 15) is 13.6 Å². The number of anilines is 1. The van der Waals surface area contributed by atoms with Crippen LogP contribution in [0.25, 0.3) is 27.7 Å². The highest BCUT2D eigenvalue weighted by Crippen LogP contribution is 2.38. The summed E-state index contributed by atoms with van der Waals surface area (Å²) in [5.74, 6) is -1.39. The van der Waals surface area contributed by atoms with E-state index in [2.05, 4.69) is 43.8 Å². The molecule has 4 rings (SSSR count). The number of halogens is 3. The van der Waals surface area contributed by atoms with Crippen molar-refractivity contribution in [1.29, 1.82) is 0 Å². The maximum absolute atomic E-state index is 14.7. The van der Waals surface area contributed by atoms with Crippen molar-refractivity contribution in [2.75, 3.05) is 18.0 Å². The SMILES string of the molecule is C=C/C(F)=C(\C(F)=C/C)c1ccc2c(c1)c(-c1cncc(N3CCC(NC(=O)OC(C)(C)C)CC3)c1)nn2PI.CC.CC. The Hall–Kier alpha value is -2.85. The van der Waals surface area contributed by atoms with Gasteiger partial charge < -0.3 is 15.0 Å². The molecule has 11 heteroatoms. The number of allylic oxidation sites excluding steroid dienone is 5. The van der Waals surface area contributed by atoms with Gasteiger partial charge in [0, 0.05) is 36.3 Å². The zero-order chi connectivity index (χ0) is 33.0. The minimum absolute atomic E-state index is 0.0423. The van der Waals surface area contributed by atoms with Gasteiger partial charge in [-0.25, -0.2) is 18.0 Å². The first-order chi connectivity index (χ1) is 21.0. The number of nitrogens with one attached hydrogen (secondary N) is 1. The monoisotopic (exact) mass is 739 g/mol. The Morgan fingerprint density at radius 1 is 1.14 bits per heavy atom. The molecular formula is C33H45F2IN5O2P. The fourth-order valence-electron chi connectivity index (χ4n) is 4.67. The van der Waals surface area contributed by atoms with Crippen LogP contribution in [0.2, 0.25) is 0 Å². The van der Waals surface area contributed by atoms with Gasteiger partial charge in [0.25, 0.3) is 0 Å². The summed E-state index contributed by atoms with van der Waals surface area (Å²) in [5.41, 5.74) is 3.05. The number of fused-ring (bicyclic) bond motifs is 1. The molecule has 0 radical (unpaired) electrons. The van der Waals surface area contributed by atoms with Gasteiger partial charge in [0.05, 0.1) is 29.3 Å². The zero-order valence-corrected chi connectivity index (χ0v) is 30.1. The van der Waals surface area contributed by atoms with Gasteiger partial charge in [0.15, 0.2) is 0 Å². The summed E-state index contributed by atoms with van der Waals surface area (Å²) in [6.45, 7) is 20.0. The molecule has 1 fully saturated rings. The Morgan fingerprint density at radius 2 is 1.80 bits per heavy atom. The van der Waals surface area contributed by atoms with Gasteiger partial charge in [0.2, 0.25) is 0 Å². The molecule has 7 nitrogen and oxygen atoms in total. The molecule has 1 unspecified atom stereocenters. The van der Waals surface area contributed by atoms with Crippen LogP contribution in [0, 0.1) is 0 Å². The smallest absolute Gasteiger partial charge is 0.407 e. The van der Waals surface area contributed by atoms with Crippen molar-refractivity contribution in [3.63, 3.8) is 0 Å². The van der Waals surface area contributed by atoms with Crippen molar-refractivity contribution in [2.24, 2.45) is 0 Å². The van der Waals surface area contributed by atoms with Gasteiger partial charge in [0.1, 0.15) is 22.9 Å². The number of ether oxygens (including phenoxy) is 1. The van der Waals surface area contributed by atoms with E-state index in [1.807, 2.05) is 71.2 Å². The average molecular weight is 740 g/mol. The molecule has 1 atom stereocenters. The van der Waals surface area contributed by atoms with Crippen molar-refractivity contribution in [3.8, 4) is 11.3 Å². The van der Waals surface area contributed by atoms with E-state index in [0.717, 1.165) is 54.2 Å². The van der Waals surface area contributed by atoms with Crippen LogP contribution < -0.4 is 10.2 Å². The van der Waals surface area contributed by atoms with E-state index in [1.165, 1.54) is 13.0 Å². The first-order valence-corrected chi connectivity index (χ1v) is 19.0. The molecule has 44 heavy (non-hydrogen) atoms. The van der Waals surface area contributed by atoms with E-state index in [-0.39, 0.29) is 11.6 Å². The van der Waals surface area contributed by atoms with Crippen LogP contribution in [0.4, 0.5) is 19.3 Å². The van der Waals surface area contributed by atoms with Gasteiger partial charge in [-0.1, -0.05) is 46.4 Å². The minimum Gasteiger partial charge on any atom is -0.444 e. The van der Waals surface area contributed by atoms with Crippen LogP contribution in [0.3, 0.4) is 0 Å². The third-order valence-electron chi connectivity index (χ3n) is 6.54. The normalized spacial score (nSPS) is 14.8. The lowest BCUT2D eigenvalue weighted by Gasteiger charge is -2.34. The van der Waals surface area contributed by atoms with Crippen LogP contribution in [0.5, 0.6) is 0 Å². The summed E-state index contributed by atoms with van der Waals surface area (Å²) in [4.78, 5) is 18.9. The second-order valence-electron chi connectivity index (χ2n) is 10.5. The molecule has 1 N–H and O–H groups in total. The highest BCUT2D eigenvalue weighted by atomic mass is 127. The molecule has 0 spiro atoms. The Balaban J connectivity index is 0.00000162. The fraction of sp³-hybridized carbons (Fsp3) is 0.424. The number of carbonyl (C=O) groups excluding carboxylic acids is 1. The number of benzene rings is 1. The van der Waals surface area contributed by atoms with E-state index in [1.54, 1.807) is 18.3 Å². The number of rotatable bonds is 7. The number of nitrogens with zero attached hydrogens (tertiary/aromatic N) is 4. The number of carbonyl (C=O) groups is 1. The van der Waals surface area contributed by atoms with Crippen LogP contribution in [-0.2, 0) is 4.74 Å². The third-order valence-corrected chi connectivity index (χ3v) is 8.41. The lowest BCUT2D eigenvalue weighted by Crippen LogP contribution is -2.46. The number of piperidine rings is 1. The van der Waals surface area contributed by atoms with Gasteiger partial charge in [-0.05, 0) is 92.4 Å². The van der Waals surface area contributed by atoms with Crippen molar-refractivity contribution in [3.05, 3.63) is 72.6 Å². The molecule has 1 aromatic carbocycles. The first kappa shape index (κ1) is 37.3. The molecule has 1 amide bonds. The standard InChI is InChI=1S/C29H33F2IN5O2P.2C2H6/c1-6-23(30)26(24(31)7-2)18-8-9-25-22(15-18)27(35-37(25)40-32)19-14-21(17-33-16-19)36-12-10-20(11-13-36)34-28(38)39-29(3,4)5;2*1-2/h6-9,14-17,20,40H,1,10-13H2,2-5H3,(H,34,38);2*1-2H3/b24-7+,26-23+;;. The number of aromatic nitrogens is 3. The highest BCUT2D eigenvalue weighted by Gasteiger charge is 2.25. The second-order valence-corrected chi connectivity index (χ2v) is 12.5. The molecule has 240 valence electrons. The minimum atomic E-state index is -0.729. The first-order valence-electron chi connectivity index (χ1n) is 15.0. The van der Waals surface area contributed by atoms with Crippen molar-refractivity contribution in [2.45, 2.75) is 79.9 Å². The van der Waals surface area contributed by atoms with Crippen molar-refractivity contribution >= 4 is 56.7 Å². The van der Waals surface area contributed by atoms with Crippen LogP contribution in [0.15, 0.2) is 67.0 Å². The number of pyridine rings is 1. The Morgan fingerprint density at radius 3 is 2.36 bits per heavy atom. The van der Waals surface area contributed by atoms with Crippen LogP contribution >= 0.6 is 28.4 Å². The lowest BCUT2D eigenvalue weighted by atomic mass is 9.99. The second kappa shape index (κ2) is 17.6. The number of hydrogen-bond donors (Lipinski definition) is 1. The molecule has 3 heterocycles. The van der Waals surface area contributed by atoms with Crippen LogP contribution in [0.1, 0.15) is 73.8 Å².